The van der Waals surface area contributed by atoms with Crippen LogP contribution in [-0.2, 0) is 0 Å². The van der Waals surface area contributed by atoms with Crippen LogP contribution in [0.15, 0.2) is 28.3 Å². The van der Waals surface area contributed by atoms with E-state index in [1.165, 1.54) is 10.4 Å². The van der Waals surface area contributed by atoms with Crippen molar-refractivity contribution in [1.29, 1.82) is 0 Å². The summed E-state index contributed by atoms with van der Waals surface area (Å²) in [5.74, 6) is 0. The fourth-order valence-electron chi connectivity index (χ4n) is 1.89. The molecular weight excluding hydrogens is 298 g/mol. The van der Waals surface area contributed by atoms with Gasteiger partial charge in [0.1, 0.15) is 6.04 Å². The molecule has 0 saturated heterocycles. The molecule has 5 heteroatoms. The van der Waals surface area contributed by atoms with E-state index in [-0.39, 0.29) is 12.1 Å². The molecule has 2 N–H and O–H groups in total. The van der Waals surface area contributed by atoms with Crippen molar-refractivity contribution < 1.29 is 0 Å². The van der Waals surface area contributed by atoms with E-state index in [4.69, 9.17) is 5.73 Å². The molecule has 17 heavy (non-hydrogen) atoms. The third-order valence-electron chi connectivity index (χ3n) is 2.90. The van der Waals surface area contributed by atoms with Gasteiger partial charge in [-0.05, 0) is 46.3 Å². The predicted octanol–water partition coefficient (Wildman–Crippen LogP) is 3.34. The Balaban J connectivity index is 2.42. The van der Waals surface area contributed by atoms with E-state index in [2.05, 4.69) is 46.3 Å². The fraction of sp³-hybridized carbons (Fsp3) is 0.417. The van der Waals surface area contributed by atoms with Crippen molar-refractivity contribution >= 4 is 27.3 Å². The maximum atomic E-state index is 6.25. The van der Waals surface area contributed by atoms with Gasteiger partial charge in [-0.15, -0.1) is 11.3 Å². The molecule has 3 nitrogen and oxygen atoms in total. The Morgan fingerprint density at radius 3 is 2.82 bits per heavy atom. The minimum Gasteiger partial charge on any atom is -0.326 e. The molecule has 2 rings (SSSR count). The lowest BCUT2D eigenvalue weighted by Crippen LogP contribution is -2.32. The van der Waals surface area contributed by atoms with E-state index >= 15 is 0 Å². The Morgan fingerprint density at radius 1 is 1.59 bits per heavy atom. The zero-order valence-electron chi connectivity index (χ0n) is 9.93. The topological polar surface area (TPSA) is 43.8 Å². The van der Waals surface area contributed by atoms with Crippen LogP contribution in [-0.4, -0.2) is 15.8 Å². The van der Waals surface area contributed by atoms with E-state index in [9.17, 15) is 0 Å². The van der Waals surface area contributed by atoms with E-state index in [0.717, 1.165) is 10.9 Å². The summed E-state index contributed by atoms with van der Waals surface area (Å²) in [6.07, 6.45) is 4.72. The first-order chi connectivity index (χ1) is 8.13. The van der Waals surface area contributed by atoms with Gasteiger partial charge in [-0.25, -0.2) is 0 Å². The van der Waals surface area contributed by atoms with Crippen LogP contribution in [0.2, 0.25) is 0 Å². The zero-order valence-corrected chi connectivity index (χ0v) is 12.3. The van der Waals surface area contributed by atoms with Gasteiger partial charge in [0.05, 0.1) is 10.7 Å². The zero-order chi connectivity index (χ0) is 12.4. The number of hydrogen-bond acceptors (Lipinski definition) is 3. The van der Waals surface area contributed by atoms with Crippen molar-refractivity contribution in [2.75, 3.05) is 0 Å². The summed E-state index contributed by atoms with van der Waals surface area (Å²) in [6.45, 7) is 4.24. The van der Waals surface area contributed by atoms with E-state index in [1.54, 1.807) is 17.5 Å². The van der Waals surface area contributed by atoms with Gasteiger partial charge < -0.3 is 5.73 Å². The summed E-state index contributed by atoms with van der Waals surface area (Å²) in [7, 11) is 0. The minimum absolute atomic E-state index is 0.0825. The van der Waals surface area contributed by atoms with Gasteiger partial charge in [-0.3, -0.25) is 4.68 Å². The number of rotatable bonds is 4. The van der Waals surface area contributed by atoms with Gasteiger partial charge in [0, 0.05) is 17.1 Å². The molecule has 2 aromatic rings. The Bertz CT molecular complexity index is 491. The highest BCUT2D eigenvalue weighted by molar-refractivity contribution is 9.10. The van der Waals surface area contributed by atoms with Crippen LogP contribution in [0.5, 0.6) is 0 Å². The average Bonchev–Trinajstić information content (AvgIpc) is 2.90. The third-order valence-corrected chi connectivity index (χ3v) is 4.40. The smallest absolute Gasteiger partial charge is 0.101 e. The summed E-state index contributed by atoms with van der Waals surface area (Å²) in [5, 5.41) is 6.49. The highest BCUT2D eigenvalue weighted by Gasteiger charge is 2.23. The van der Waals surface area contributed by atoms with Crippen molar-refractivity contribution in [1.82, 2.24) is 9.78 Å². The Morgan fingerprint density at radius 2 is 2.35 bits per heavy atom. The highest BCUT2D eigenvalue weighted by atomic mass is 79.9. The lowest BCUT2D eigenvalue weighted by Gasteiger charge is -2.23. The highest BCUT2D eigenvalue weighted by Crippen LogP contribution is 2.30. The second-order valence-electron chi connectivity index (χ2n) is 4.12. The van der Waals surface area contributed by atoms with Crippen LogP contribution < -0.4 is 5.73 Å². The van der Waals surface area contributed by atoms with E-state index in [1.807, 2.05) is 10.9 Å². The summed E-state index contributed by atoms with van der Waals surface area (Å²) in [6, 6.07) is 2.35. The van der Waals surface area contributed by atoms with E-state index in [0.29, 0.717) is 0 Å². The van der Waals surface area contributed by atoms with Crippen LogP contribution in [0, 0.1) is 6.92 Å². The molecule has 0 aliphatic heterocycles. The molecule has 2 heterocycles. The monoisotopic (exact) mass is 313 g/mol. The summed E-state index contributed by atoms with van der Waals surface area (Å²) < 4.78 is 2.94. The first-order valence-corrected chi connectivity index (χ1v) is 7.30. The van der Waals surface area contributed by atoms with Crippen molar-refractivity contribution in [3.8, 4) is 0 Å². The maximum absolute atomic E-state index is 6.25. The molecule has 0 fully saturated rings. The molecule has 2 atom stereocenters. The second kappa shape index (κ2) is 5.33. The first-order valence-electron chi connectivity index (χ1n) is 5.62. The van der Waals surface area contributed by atoms with Crippen molar-refractivity contribution in [3.05, 3.63) is 38.8 Å². The van der Waals surface area contributed by atoms with Crippen LogP contribution in [0.1, 0.15) is 29.8 Å². The molecule has 0 saturated carbocycles. The van der Waals surface area contributed by atoms with Crippen LogP contribution in [0.25, 0.3) is 0 Å². The number of thiophene rings is 1. The Kier molecular flexibility index (Phi) is 4.01. The Hall–Kier alpha value is -0.650. The lowest BCUT2D eigenvalue weighted by molar-refractivity contribution is 0.428. The average molecular weight is 314 g/mol. The first kappa shape index (κ1) is 12.8. The third kappa shape index (κ3) is 2.61. The molecule has 0 aliphatic carbocycles. The molecule has 0 aromatic carbocycles. The summed E-state index contributed by atoms with van der Waals surface area (Å²) >= 11 is 5.18. The van der Waals surface area contributed by atoms with Gasteiger partial charge >= 0.3 is 0 Å². The molecular formula is C12H16BrN3S. The number of aryl methyl sites for hydroxylation is 1. The molecule has 0 bridgehead atoms. The predicted molar refractivity (Wildman–Crippen MR) is 75.4 cm³/mol. The molecule has 0 radical (unpaired) electrons. The van der Waals surface area contributed by atoms with Crippen LogP contribution in [0.4, 0.5) is 0 Å². The second-order valence-corrected chi connectivity index (χ2v) is 5.99. The van der Waals surface area contributed by atoms with Gasteiger partial charge in [0.2, 0.25) is 0 Å². The van der Waals surface area contributed by atoms with Crippen LogP contribution >= 0.6 is 27.3 Å². The quantitative estimate of drug-likeness (QED) is 0.940. The number of nitrogens with two attached hydrogens (primary N) is 1. The molecule has 92 valence electrons. The van der Waals surface area contributed by atoms with Crippen molar-refractivity contribution in [3.63, 3.8) is 0 Å². The maximum Gasteiger partial charge on any atom is 0.101 e. The van der Waals surface area contributed by atoms with Gasteiger partial charge in [-0.1, -0.05) is 6.92 Å². The summed E-state index contributed by atoms with van der Waals surface area (Å²) in [4.78, 5) is 1.30. The standard InChI is InChI=1S/C12H16BrN3S/c1-3-10(14)11(12-8(2)4-5-17-12)16-7-9(13)6-15-16/h4-7,10-11H,3,14H2,1-2H3. The molecule has 0 aliphatic rings. The van der Waals surface area contributed by atoms with Crippen molar-refractivity contribution in [2.45, 2.75) is 32.4 Å². The van der Waals surface area contributed by atoms with E-state index < -0.39 is 0 Å². The summed E-state index contributed by atoms with van der Waals surface area (Å²) in [5.41, 5.74) is 7.54. The number of aromatic nitrogens is 2. The molecule has 2 unspecified atom stereocenters. The van der Waals surface area contributed by atoms with Gasteiger partial charge in [0.15, 0.2) is 0 Å². The molecule has 2 aromatic heterocycles. The van der Waals surface area contributed by atoms with Gasteiger partial charge in [-0.2, -0.15) is 5.10 Å². The SMILES string of the molecule is CCC(N)C(c1sccc1C)n1cc(Br)cn1. The molecule has 0 amide bonds. The minimum atomic E-state index is 0.0825. The fourth-order valence-corrected chi connectivity index (χ4v) is 3.28. The van der Waals surface area contributed by atoms with Gasteiger partial charge in [0.25, 0.3) is 0 Å². The Labute approximate surface area is 114 Å². The lowest BCUT2D eigenvalue weighted by atomic mass is 10.0. The number of halogens is 1. The number of nitrogens with zero attached hydrogens (tertiary/aromatic N) is 2. The normalized spacial score (nSPS) is 14.8. The largest absolute Gasteiger partial charge is 0.326 e. The molecule has 0 spiro atoms. The van der Waals surface area contributed by atoms with Crippen LogP contribution in [0.3, 0.4) is 0 Å². The van der Waals surface area contributed by atoms with Crippen molar-refractivity contribution in [2.24, 2.45) is 5.73 Å². The number of hydrogen-bond donors (Lipinski definition) is 1.